The van der Waals surface area contributed by atoms with Gasteiger partial charge in [0.25, 0.3) is 0 Å². The van der Waals surface area contributed by atoms with E-state index in [0.717, 1.165) is 34.5 Å². The minimum Gasteiger partial charge on any atom is -0.491 e. The molecule has 5 heteroatoms. The zero-order valence-corrected chi connectivity index (χ0v) is 15.5. The van der Waals surface area contributed by atoms with E-state index in [9.17, 15) is 0 Å². The van der Waals surface area contributed by atoms with Crippen molar-refractivity contribution < 1.29 is 4.74 Å². The van der Waals surface area contributed by atoms with Crippen LogP contribution in [-0.2, 0) is 0 Å². The molecule has 3 aromatic rings. The fourth-order valence-electron chi connectivity index (χ4n) is 2.60. The number of hydrogen-bond donors (Lipinski definition) is 1. The number of halogens is 1. The summed E-state index contributed by atoms with van der Waals surface area (Å²) in [6.07, 6.45) is 0. The number of aryl methyl sites for hydroxylation is 1. The second kappa shape index (κ2) is 7.72. The molecule has 0 atom stereocenters. The molecule has 0 aliphatic carbocycles. The Hall–Kier alpha value is -2.30. The van der Waals surface area contributed by atoms with E-state index < -0.39 is 0 Å². The van der Waals surface area contributed by atoms with E-state index in [0.29, 0.717) is 17.4 Å². The minimum absolute atomic E-state index is 0.596. The molecule has 2 aromatic carbocycles. The molecule has 0 fully saturated rings. The summed E-state index contributed by atoms with van der Waals surface area (Å²) in [7, 11) is 4.03. The molecular weight excluding hydrogens is 334 g/mol. The highest BCUT2D eigenvalue weighted by Crippen LogP contribution is 2.31. The first-order valence-electron chi connectivity index (χ1n) is 8.23. The van der Waals surface area contributed by atoms with Crippen molar-refractivity contribution in [1.82, 2.24) is 9.88 Å². The number of ether oxygens (including phenoxy) is 1. The fourth-order valence-corrected chi connectivity index (χ4v) is 2.84. The van der Waals surface area contributed by atoms with E-state index in [-0.39, 0.29) is 0 Å². The topological polar surface area (TPSA) is 37.4 Å². The van der Waals surface area contributed by atoms with Crippen molar-refractivity contribution >= 4 is 33.9 Å². The number of benzene rings is 2. The molecule has 0 spiro atoms. The summed E-state index contributed by atoms with van der Waals surface area (Å²) in [4.78, 5) is 6.64. The van der Waals surface area contributed by atoms with E-state index >= 15 is 0 Å². The van der Waals surface area contributed by atoms with E-state index in [1.807, 2.05) is 63.5 Å². The first-order chi connectivity index (χ1) is 12.0. The zero-order chi connectivity index (χ0) is 17.8. The van der Waals surface area contributed by atoms with Crippen molar-refractivity contribution in [1.29, 1.82) is 0 Å². The maximum atomic E-state index is 6.37. The van der Waals surface area contributed by atoms with Gasteiger partial charge in [0.2, 0.25) is 0 Å². The van der Waals surface area contributed by atoms with Crippen LogP contribution in [0, 0.1) is 6.92 Å². The second-order valence-electron chi connectivity index (χ2n) is 6.25. The molecule has 3 rings (SSSR count). The van der Waals surface area contributed by atoms with Gasteiger partial charge in [-0.2, -0.15) is 0 Å². The lowest BCUT2D eigenvalue weighted by Gasteiger charge is -2.14. The third-order valence-corrected chi connectivity index (χ3v) is 4.15. The first kappa shape index (κ1) is 17.5. The molecule has 1 heterocycles. The van der Waals surface area contributed by atoms with Crippen LogP contribution in [0.3, 0.4) is 0 Å². The van der Waals surface area contributed by atoms with Crippen LogP contribution >= 0.6 is 11.6 Å². The molecule has 1 N–H and O–H groups in total. The molecule has 1 aromatic heterocycles. The Bertz CT molecular complexity index is 880. The molecule has 0 aliphatic heterocycles. The molecule has 0 aliphatic rings. The number of nitrogens with zero attached hydrogens (tertiary/aromatic N) is 2. The number of anilines is 2. The fraction of sp³-hybridized carbons (Fsp3) is 0.250. The van der Waals surface area contributed by atoms with Gasteiger partial charge in [-0.05, 0) is 51.4 Å². The second-order valence-corrected chi connectivity index (χ2v) is 6.66. The monoisotopic (exact) mass is 355 g/mol. The molecule has 0 bridgehead atoms. The van der Waals surface area contributed by atoms with Gasteiger partial charge in [-0.15, -0.1) is 0 Å². The Morgan fingerprint density at radius 1 is 1.12 bits per heavy atom. The smallest absolute Gasteiger partial charge is 0.138 e. The van der Waals surface area contributed by atoms with Crippen LogP contribution in [0.25, 0.3) is 10.9 Å². The predicted octanol–water partition coefficient (Wildman–Crippen LogP) is 4.88. The van der Waals surface area contributed by atoms with Gasteiger partial charge in [0.1, 0.15) is 12.4 Å². The van der Waals surface area contributed by atoms with Gasteiger partial charge in [-0.25, -0.2) is 0 Å². The third-order valence-electron chi connectivity index (χ3n) is 3.85. The Labute approximate surface area is 153 Å². The minimum atomic E-state index is 0.596. The summed E-state index contributed by atoms with van der Waals surface area (Å²) in [5.74, 6) is 0.699. The number of aromatic nitrogens is 1. The van der Waals surface area contributed by atoms with E-state index in [4.69, 9.17) is 16.3 Å². The van der Waals surface area contributed by atoms with Gasteiger partial charge < -0.3 is 15.0 Å². The molecular formula is C20H22ClN3O. The Balaban J connectivity index is 1.81. The van der Waals surface area contributed by atoms with E-state index in [1.165, 1.54) is 0 Å². The summed E-state index contributed by atoms with van der Waals surface area (Å²) < 4.78 is 5.73. The van der Waals surface area contributed by atoms with E-state index in [2.05, 4.69) is 21.3 Å². The van der Waals surface area contributed by atoms with Crippen molar-refractivity contribution in [2.45, 2.75) is 6.92 Å². The van der Waals surface area contributed by atoms with Crippen molar-refractivity contribution in [3.8, 4) is 5.75 Å². The van der Waals surface area contributed by atoms with Gasteiger partial charge in [0.05, 0.1) is 10.5 Å². The highest BCUT2D eigenvalue weighted by Gasteiger charge is 2.07. The number of pyridine rings is 1. The Morgan fingerprint density at radius 2 is 1.92 bits per heavy atom. The molecule has 25 heavy (non-hydrogen) atoms. The maximum Gasteiger partial charge on any atom is 0.138 e. The lowest BCUT2D eigenvalue weighted by Crippen LogP contribution is -2.19. The quantitative estimate of drug-likeness (QED) is 0.683. The normalized spacial score (nSPS) is 11.1. The SMILES string of the molecule is Cc1cc(Nc2ccc(OCCN(C)C)c(Cl)c2)c2ccccc2n1. The number of hydrogen-bond acceptors (Lipinski definition) is 4. The molecule has 4 nitrogen and oxygen atoms in total. The molecule has 0 unspecified atom stereocenters. The van der Waals surface area contributed by atoms with Crippen LogP contribution in [-0.4, -0.2) is 37.1 Å². The summed E-state index contributed by atoms with van der Waals surface area (Å²) in [6.45, 7) is 3.44. The molecule has 0 saturated carbocycles. The number of nitrogens with one attached hydrogen (secondary N) is 1. The van der Waals surface area contributed by atoms with Gasteiger partial charge in [0.15, 0.2) is 0 Å². The van der Waals surface area contributed by atoms with Crippen LogP contribution in [0.5, 0.6) is 5.75 Å². The summed E-state index contributed by atoms with van der Waals surface area (Å²) in [5, 5.41) is 5.12. The molecule has 130 valence electrons. The number of para-hydroxylation sites is 1. The average Bonchev–Trinajstić information content (AvgIpc) is 2.56. The summed E-state index contributed by atoms with van der Waals surface area (Å²) >= 11 is 6.37. The summed E-state index contributed by atoms with van der Waals surface area (Å²) in [5.41, 5.74) is 3.87. The van der Waals surface area contributed by atoms with Gasteiger partial charge in [-0.3, -0.25) is 4.98 Å². The highest BCUT2D eigenvalue weighted by atomic mass is 35.5. The standard InChI is InChI=1S/C20H22ClN3O/c1-14-12-19(16-6-4-5-7-18(16)22-14)23-15-8-9-20(17(21)13-15)25-11-10-24(2)3/h4-9,12-13H,10-11H2,1-3H3,(H,22,23). The number of fused-ring (bicyclic) bond motifs is 1. The maximum absolute atomic E-state index is 6.37. The first-order valence-corrected chi connectivity index (χ1v) is 8.61. The lowest BCUT2D eigenvalue weighted by atomic mass is 10.1. The molecule has 0 radical (unpaired) electrons. The van der Waals surface area contributed by atoms with Crippen molar-refractivity contribution in [2.24, 2.45) is 0 Å². The summed E-state index contributed by atoms with van der Waals surface area (Å²) in [6, 6.07) is 15.9. The molecule has 0 saturated heterocycles. The average molecular weight is 356 g/mol. The van der Waals surface area contributed by atoms with Crippen LogP contribution in [0.4, 0.5) is 11.4 Å². The van der Waals surface area contributed by atoms with Crippen molar-refractivity contribution in [3.05, 3.63) is 59.2 Å². The van der Waals surface area contributed by atoms with Gasteiger partial charge in [-0.1, -0.05) is 29.8 Å². The van der Waals surface area contributed by atoms with Gasteiger partial charge >= 0.3 is 0 Å². The zero-order valence-electron chi connectivity index (χ0n) is 14.7. The lowest BCUT2D eigenvalue weighted by molar-refractivity contribution is 0.261. The van der Waals surface area contributed by atoms with Crippen LogP contribution in [0.1, 0.15) is 5.69 Å². The van der Waals surface area contributed by atoms with E-state index in [1.54, 1.807) is 0 Å². The number of likely N-dealkylation sites (N-methyl/N-ethyl adjacent to an activating group) is 1. The van der Waals surface area contributed by atoms with Crippen molar-refractivity contribution in [3.63, 3.8) is 0 Å². The Kier molecular flexibility index (Phi) is 5.41. The predicted molar refractivity (Wildman–Crippen MR) is 105 cm³/mol. The third kappa shape index (κ3) is 4.41. The Morgan fingerprint density at radius 3 is 2.68 bits per heavy atom. The van der Waals surface area contributed by atoms with Crippen LogP contribution in [0.2, 0.25) is 5.02 Å². The van der Waals surface area contributed by atoms with Crippen LogP contribution in [0.15, 0.2) is 48.5 Å². The largest absolute Gasteiger partial charge is 0.491 e. The highest BCUT2D eigenvalue weighted by molar-refractivity contribution is 6.32. The van der Waals surface area contributed by atoms with Crippen LogP contribution < -0.4 is 10.1 Å². The van der Waals surface area contributed by atoms with Crippen molar-refractivity contribution in [2.75, 3.05) is 32.6 Å². The molecule has 0 amide bonds. The number of rotatable bonds is 6. The van der Waals surface area contributed by atoms with Gasteiger partial charge in [0, 0.05) is 29.0 Å².